The summed E-state index contributed by atoms with van der Waals surface area (Å²) in [7, 11) is 0. The van der Waals surface area contributed by atoms with E-state index in [-0.39, 0.29) is 12.6 Å². The summed E-state index contributed by atoms with van der Waals surface area (Å²) in [6.07, 6.45) is 7.17. The van der Waals surface area contributed by atoms with Crippen LogP contribution < -0.4 is 0 Å². The van der Waals surface area contributed by atoms with Gasteiger partial charge in [0.05, 0.1) is 18.4 Å². The van der Waals surface area contributed by atoms with Crippen LogP contribution in [0, 0.1) is 11.8 Å². The second-order valence-corrected chi connectivity index (χ2v) is 5.81. The van der Waals surface area contributed by atoms with Gasteiger partial charge >= 0.3 is 0 Å². The molecule has 0 aromatic heterocycles. The van der Waals surface area contributed by atoms with Crippen LogP contribution in [0.25, 0.3) is 0 Å². The average Bonchev–Trinajstić information content (AvgIpc) is 2.98. The molecule has 0 aromatic carbocycles. The van der Waals surface area contributed by atoms with Crippen molar-refractivity contribution in [2.45, 2.75) is 50.6 Å². The van der Waals surface area contributed by atoms with E-state index in [9.17, 15) is 10.3 Å². The van der Waals surface area contributed by atoms with Gasteiger partial charge in [-0.3, -0.25) is 4.90 Å². The van der Waals surface area contributed by atoms with Gasteiger partial charge in [0.1, 0.15) is 0 Å². The lowest BCUT2D eigenvalue weighted by atomic mass is 9.89. The van der Waals surface area contributed by atoms with E-state index in [1.54, 1.807) is 0 Å². The first-order chi connectivity index (χ1) is 8.35. The largest absolute Gasteiger partial charge is 0.411 e. The molecule has 17 heavy (non-hydrogen) atoms. The summed E-state index contributed by atoms with van der Waals surface area (Å²) in [4.78, 5) is 2.42. The van der Waals surface area contributed by atoms with Crippen molar-refractivity contribution in [3.8, 4) is 0 Å². The second-order valence-electron chi connectivity index (χ2n) is 5.81. The Morgan fingerprint density at radius 2 is 2.12 bits per heavy atom. The number of hydrogen-bond acceptors (Lipinski definition) is 4. The Balaban J connectivity index is 1.82. The van der Waals surface area contributed by atoms with Crippen LogP contribution in [0.15, 0.2) is 5.16 Å². The van der Waals surface area contributed by atoms with E-state index in [1.807, 2.05) is 0 Å². The van der Waals surface area contributed by atoms with Gasteiger partial charge in [-0.1, -0.05) is 11.6 Å². The van der Waals surface area contributed by atoms with Gasteiger partial charge in [-0.2, -0.15) is 0 Å². The first-order valence-corrected chi connectivity index (χ1v) is 6.93. The van der Waals surface area contributed by atoms with Crippen LogP contribution in [0.5, 0.6) is 0 Å². The van der Waals surface area contributed by atoms with Crippen molar-refractivity contribution in [2.24, 2.45) is 17.0 Å². The van der Waals surface area contributed by atoms with Crippen molar-refractivity contribution in [3.63, 3.8) is 0 Å². The number of aliphatic hydroxyl groups excluding tert-OH is 1. The lowest BCUT2D eigenvalue weighted by Crippen LogP contribution is -2.53. The highest BCUT2D eigenvalue weighted by Crippen LogP contribution is 2.46. The molecule has 1 saturated heterocycles. The minimum Gasteiger partial charge on any atom is -0.411 e. The topological polar surface area (TPSA) is 56.1 Å². The van der Waals surface area contributed by atoms with E-state index in [2.05, 4.69) is 10.1 Å². The first-order valence-electron chi connectivity index (χ1n) is 6.93. The van der Waals surface area contributed by atoms with Crippen LogP contribution in [0.3, 0.4) is 0 Å². The van der Waals surface area contributed by atoms with E-state index in [4.69, 9.17) is 0 Å². The molecule has 0 unspecified atom stereocenters. The Morgan fingerprint density at radius 3 is 2.88 bits per heavy atom. The predicted molar refractivity (Wildman–Crippen MR) is 65.3 cm³/mol. The molecule has 3 fully saturated rings. The molecule has 0 radical (unpaired) electrons. The summed E-state index contributed by atoms with van der Waals surface area (Å²) in [5.41, 5.74) is 1.00. The highest BCUT2D eigenvalue weighted by Gasteiger charge is 2.49. The Bertz CT molecular complexity index is 319. The third kappa shape index (κ3) is 1.78. The lowest BCUT2D eigenvalue weighted by molar-refractivity contribution is 0.0573. The summed E-state index contributed by atoms with van der Waals surface area (Å²) in [6.45, 7) is 1.30. The number of oxime groups is 1. The number of piperidine rings is 1. The van der Waals surface area contributed by atoms with E-state index < -0.39 is 0 Å². The van der Waals surface area contributed by atoms with Crippen LogP contribution in [-0.2, 0) is 0 Å². The van der Waals surface area contributed by atoms with Gasteiger partial charge in [0.2, 0.25) is 0 Å². The molecule has 4 heteroatoms. The fourth-order valence-corrected chi connectivity index (χ4v) is 4.22. The summed E-state index contributed by atoms with van der Waals surface area (Å²) >= 11 is 0. The fourth-order valence-electron chi connectivity index (χ4n) is 4.22. The molecule has 96 valence electrons. The zero-order valence-corrected chi connectivity index (χ0v) is 10.3. The third-order valence-electron chi connectivity index (χ3n) is 5.00. The molecule has 1 heterocycles. The molecule has 2 saturated carbocycles. The molecular weight excluding hydrogens is 216 g/mol. The molecule has 3 aliphatic rings. The minimum atomic E-state index is 0.243. The molecule has 0 aromatic rings. The number of nitrogens with zero attached hydrogens (tertiary/aromatic N) is 2. The summed E-state index contributed by atoms with van der Waals surface area (Å²) < 4.78 is 0. The second kappa shape index (κ2) is 4.58. The lowest BCUT2D eigenvalue weighted by Gasteiger charge is -2.42. The highest BCUT2D eigenvalue weighted by molar-refractivity contribution is 5.94. The number of hydrogen-bond donors (Lipinski definition) is 2. The zero-order chi connectivity index (χ0) is 11.8. The van der Waals surface area contributed by atoms with E-state index in [0.29, 0.717) is 17.9 Å². The minimum absolute atomic E-state index is 0.243. The Kier molecular flexibility index (Phi) is 3.09. The van der Waals surface area contributed by atoms with Crippen molar-refractivity contribution in [2.75, 3.05) is 13.2 Å². The number of rotatable bonds is 2. The van der Waals surface area contributed by atoms with Gasteiger partial charge in [0.15, 0.2) is 0 Å². The van der Waals surface area contributed by atoms with Gasteiger partial charge in [-0.05, 0) is 44.6 Å². The van der Waals surface area contributed by atoms with Crippen molar-refractivity contribution in [3.05, 3.63) is 0 Å². The van der Waals surface area contributed by atoms with Gasteiger partial charge in [-0.15, -0.1) is 0 Å². The van der Waals surface area contributed by atoms with E-state index in [0.717, 1.165) is 18.7 Å². The van der Waals surface area contributed by atoms with Crippen LogP contribution in [-0.4, -0.2) is 46.2 Å². The van der Waals surface area contributed by atoms with Crippen LogP contribution in [0.1, 0.15) is 38.5 Å². The SMILES string of the molecule is OC[C@@H]1CCCCN1[C@@H]1/C(=N\O)[C@H]2CC[C@H]1C2. The standard InChI is InChI=1S/C13H22N2O2/c16-8-11-3-1-2-6-15(11)13-10-5-4-9(7-10)12(13)14-17/h9-11,13,16-17H,1-8H2/b14-12-/t9-,10-,11-,13-/m0/s1. The van der Waals surface area contributed by atoms with Crippen LogP contribution >= 0.6 is 0 Å². The molecule has 0 amide bonds. The molecule has 4 nitrogen and oxygen atoms in total. The summed E-state index contributed by atoms with van der Waals surface area (Å²) in [6, 6.07) is 0.598. The molecular formula is C13H22N2O2. The molecule has 0 spiro atoms. The van der Waals surface area contributed by atoms with Gasteiger partial charge in [0.25, 0.3) is 0 Å². The normalized spacial score (nSPS) is 44.6. The molecule has 1 aliphatic heterocycles. The van der Waals surface area contributed by atoms with Crippen LogP contribution in [0.2, 0.25) is 0 Å². The highest BCUT2D eigenvalue weighted by atomic mass is 16.4. The van der Waals surface area contributed by atoms with Crippen LogP contribution in [0.4, 0.5) is 0 Å². The number of likely N-dealkylation sites (tertiary alicyclic amines) is 1. The van der Waals surface area contributed by atoms with E-state index >= 15 is 0 Å². The number of fused-ring (bicyclic) bond motifs is 2. The maximum atomic E-state index is 9.51. The smallest absolute Gasteiger partial charge is 0.0775 e. The summed E-state index contributed by atoms with van der Waals surface area (Å²) in [5, 5.41) is 22.3. The first kappa shape index (κ1) is 11.5. The molecule has 3 rings (SSSR count). The Morgan fingerprint density at radius 1 is 1.24 bits per heavy atom. The van der Waals surface area contributed by atoms with Gasteiger partial charge < -0.3 is 10.3 Å². The van der Waals surface area contributed by atoms with Crippen molar-refractivity contribution in [1.82, 2.24) is 4.90 Å². The Hall–Kier alpha value is -0.610. The maximum absolute atomic E-state index is 9.51. The monoisotopic (exact) mass is 238 g/mol. The predicted octanol–water partition coefficient (Wildman–Crippen LogP) is 1.46. The maximum Gasteiger partial charge on any atom is 0.0775 e. The Labute approximate surface area is 102 Å². The molecule has 4 atom stereocenters. The zero-order valence-electron chi connectivity index (χ0n) is 10.3. The van der Waals surface area contributed by atoms with Crippen molar-refractivity contribution >= 4 is 5.71 Å². The molecule has 2 bridgehead atoms. The summed E-state index contributed by atoms with van der Waals surface area (Å²) in [5.74, 6) is 1.18. The van der Waals surface area contributed by atoms with Gasteiger partial charge in [0, 0.05) is 12.0 Å². The average molecular weight is 238 g/mol. The quantitative estimate of drug-likeness (QED) is 0.565. The van der Waals surface area contributed by atoms with Gasteiger partial charge in [-0.25, -0.2) is 0 Å². The molecule has 2 N–H and O–H groups in total. The fraction of sp³-hybridized carbons (Fsp3) is 0.923. The third-order valence-corrected chi connectivity index (χ3v) is 5.00. The number of aliphatic hydroxyl groups is 1. The van der Waals surface area contributed by atoms with E-state index in [1.165, 1.54) is 32.1 Å². The van der Waals surface area contributed by atoms with Crippen molar-refractivity contribution < 1.29 is 10.3 Å². The molecule has 2 aliphatic carbocycles. The van der Waals surface area contributed by atoms with Crippen molar-refractivity contribution in [1.29, 1.82) is 0 Å².